The summed E-state index contributed by atoms with van der Waals surface area (Å²) in [5, 5.41) is 2.45. The van der Waals surface area contributed by atoms with Gasteiger partial charge in [0.1, 0.15) is 0 Å². The van der Waals surface area contributed by atoms with Gasteiger partial charge in [0, 0.05) is 5.41 Å². The van der Waals surface area contributed by atoms with Crippen LogP contribution < -0.4 is 0 Å². The van der Waals surface area contributed by atoms with Crippen molar-refractivity contribution in [1.82, 2.24) is 0 Å². The number of benzene rings is 2. The number of rotatable bonds is 1. The molecule has 1 fully saturated rings. The van der Waals surface area contributed by atoms with E-state index < -0.39 is 7.73 Å². The number of fused-ring (bicyclic) bond motifs is 1. The lowest BCUT2D eigenvalue weighted by atomic mass is 9.82. The van der Waals surface area contributed by atoms with Crippen LogP contribution in [0.15, 0.2) is 42.5 Å². The van der Waals surface area contributed by atoms with Gasteiger partial charge in [-0.25, -0.2) is 0 Å². The number of halogens is 1. The molecule has 1 aliphatic rings. The van der Waals surface area contributed by atoms with Gasteiger partial charge in [0.2, 0.25) is 0 Å². The minimum atomic E-state index is -1.30. The Balaban J connectivity index is 2.12. The van der Waals surface area contributed by atoms with Crippen LogP contribution in [0.3, 0.4) is 0 Å². The molecule has 1 heterocycles. The first-order valence-corrected chi connectivity index (χ1v) is 8.39. The molecule has 100 valence electrons. The highest BCUT2D eigenvalue weighted by Crippen LogP contribution is 2.58. The molecule has 0 bridgehead atoms. The predicted molar refractivity (Wildman–Crippen MR) is 80.3 cm³/mol. The zero-order chi connectivity index (χ0) is 13.5. The van der Waals surface area contributed by atoms with E-state index >= 15 is 0 Å². The van der Waals surface area contributed by atoms with E-state index in [0.29, 0.717) is 6.61 Å². The van der Waals surface area contributed by atoms with Crippen LogP contribution in [0.25, 0.3) is 10.8 Å². The molecule has 0 aliphatic carbocycles. The Kier molecular flexibility index (Phi) is 3.53. The summed E-state index contributed by atoms with van der Waals surface area (Å²) in [7, 11) is -1.30. The topological polar surface area (TPSA) is 18.5 Å². The molecule has 2 nitrogen and oxygen atoms in total. The van der Waals surface area contributed by atoms with Crippen molar-refractivity contribution in [2.75, 3.05) is 6.61 Å². The normalized spacial score (nSPS) is 26.5. The van der Waals surface area contributed by atoms with Crippen LogP contribution in [0.2, 0.25) is 0 Å². The van der Waals surface area contributed by atoms with Gasteiger partial charge in [0.25, 0.3) is 7.73 Å². The Morgan fingerprint density at radius 3 is 2.74 bits per heavy atom. The number of hydrogen-bond donors (Lipinski definition) is 0. The standard InChI is InChI=1S/C15H16ClO2P/c1-15(2)10-17-19(16)18-14(15)13-9-5-7-11-6-3-4-8-12(11)13/h3-9,14H,10H2,1-2H3. The molecule has 4 heteroatoms. The highest BCUT2D eigenvalue weighted by molar-refractivity contribution is 7.76. The zero-order valence-electron chi connectivity index (χ0n) is 11.0. The SMILES string of the molecule is CC1(C)COP(Cl)OC1c1cccc2ccccc12. The molecule has 0 N–H and O–H groups in total. The lowest BCUT2D eigenvalue weighted by Crippen LogP contribution is -2.31. The largest absolute Gasteiger partial charge is 0.321 e. The lowest BCUT2D eigenvalue weighted by Gasteiger charge is -2.40. The van der Waals surface area contributed by atoms with E-state index in [4.69, 9.17) is 20.3 Å². The molecule has 2 atom stereocenters. The summed E-state index contributed by atoms with van der Waals surface area (Å²) in [6.45, 7) is 4.92. The first kappa shape index (κ1) is 13.3. The van der Waals surface area contributed by atoms with Crippen LogP contribution in [0, 0.1) is 5.41 Å². The van der Waals surface area contributed by atoms with Crippen molar-refractivity contribution in [3.05, 3.63) is 48.0 Å². The van der Waals surface area contributed by atoms with Crippen molar-refractivity contribution in [2.24, 2.45) is 5.41 Å². The second-order valence-corrected chi connectivity index (χ2v) is 7.25. The summed E-state index contributed by atoms with van der Waals surface area (Å²) in [6.07, 6.45) is -0.0315. The van der Waals surface area contributed by atoms with Gasteiger partial charge in [0.05, 0.1) is 12.7 Å². The second-order valence-electron chi connectivity index (χ2n) is 5.53. The summed E-state index contributed by atoms with van der Waals surface area (Å²) in [5.74, 6) is 0. The maximum absolute atomic E-state index is 6.06. The monoisotopic (exact) mass is 294 g/mol. The number of hydrogen-bond acceptors (Lipinski definition) is 2. The van der Waals surface area contributed by atoms with Gasteiger partial charge in [0.15, 0.2) is 0 Å². The minimum absolute atomic E-state index is 0.0315. The lowest BCUT2D eigenvalue weighted by molar-refractivity contribution is -0.00483. The summed E-state index contributed by atoms with van der Waals surface area (Å²) >= 11 is 6.06. The highest BCUT2D eigenvalue weighted by atomic mass is 35.7. The van der Waals surface area contributed by atoms with E-state index in [-0.39, 0.29) is 11.5 Å². The van der Waals surface area contributed by atoms with Crippen LogP contribution in [0.4, 0.5) is 0 Å². The second kappa shape index (κ2) is 5.03. The van der Waals surface area contributed by atoms with Crippen molar-refractivity contribution >= 4 is 29.7 Å². The Bertz CT molecular complexity index is 594. The van der Waals surface area contributed by atoms with Crippen LogP contribution in [-0.2, 0) is 9.05 Å². The van der Waals surface area contributed by atoms with Crippen LogP contribution in [-0.4, -0.2) is 6.61 Å². The van der Waals surface area contributed by atoms with Crippen molar-refractivity contribution in [1.29, 1.82) is 0 Å². The molecule has 0 spiro atoms. The third-order valence-electron chi connectivity index (χ3n) is 3.54. The van der Waals surface area contributed by atoms with Crippen LogP contribution in [0.1, 0.15) is 25.5 Å². The molecule has 1 aliphatic heterocycles. The van der Waals surface area contributed by atoms with Crippen molar-refractivity contribution in [2.45, 2.75) is 20.0 Å². The van der Waals surface area contributed by atoms with Crippen molar-refractivity contribution < 1.29 is 9.05 Å². The van der Waals surface area contributed by atoms with E-state index in [2.05, 4.69) is 56.3 Å². The Hall–Kier alpha value is -0.660. The molecule has 0 amide bonds. The van der Waals surface area contributed by atoms with Gasteiger partial charge in [-0.05, 0) is 27.6 Å². The molecule has 2 aromatic rings. The Morgan fingerprint density at radius 2 is 1.89 bits per heavy atom. The summed E-state index contributed by atoms with van der Waals surface area (Å²) in [6, 6.07) is 14.7. The molecule has 19 heavy (non-hydrogen) atoms. The molecule has 0 aromatic heterocycles. The Morgan fingerprint density at radius 1 is 1.16 bits per heavy atom. The maximum atomic E-state index is 6.06. The summed E-state index contributed by atoms with van der Waals surface area (Å²) < 4.78 is 11.4. The smallest absolute Gasteiger partial charge is 0.277 e. The third kappa shape index (κ3) is 2.51. The van der Waals surface area contributed by atoms with Crippen LogP contribution in [0.5, 0.6) is 0 Å². The van der Waals surface area contributed by atoms with Crippen LogP contribution >= 0.6 is 19.0 Å². The average Bonchev–Trinajstić information content (AvgIpc) is 2.41. The van der Waals surface area contributed by atoms with Gasteiger partial charge in [-0.1, -0.05) is 56.3 Å². The molecular weight excluding hydrogens is 279 g/mol. The van der Waals surface area contributed by atoms with E-state index in [1.54, 1.807) is 0 Å². The average molecular weight is 295 g/mol. The molecule has 3 rings (SSSR count). The predicted octanol–water partition coefficient (Wildman–Crippen LogP) is 5.42. The molecule has 2 aromatic carbocycles. The summed E-state index contributed by atoms with van der Waals surface area (Å²) in [5.41, 5.74) is 1.11. The van der Waals surface area contributed by atoms with Gasteiger partial charge >= 0.3 is 0 Å². The first-order chi connectivity index (χ1) is 9.08. The van der Waals surface area contributed by atoms with E-state index in [0.717, 1.165) is 0 Å². The summed E-state index contributed by atoms with van der Waals surface area (Å²) in [4.78, 5) is 0. The van der Waals surface area contributed by atoms with E-state index in [1.807, 2.05) is 0 Å². The zero-order valence-corrected chi connectivity index (χ0v) is 12.6. The molecule has 0 radical (unpaired) electrons. The van der Waals surface area contributed by atoms with Gasteiger partial charge < -0.3 is 9.05 Å². The quantitative estimate of drug-likeness (QED) is 0.654. The van der Waals surface area contributed by atoms with Gasteiger partial charge in [-0.2, -0.15) is 0 Å². The van der Waals surface area contributed by atoms with Crippen molar-refractivity contribution in [3.63, 3.8) is 0 Å². The van der Waals surface area contributed by atoms with E-state index in [9.17, 15) is 0 Å². The molecule has 0 saturated carbocycles. The maximum Gasteiger partial charge on any atom is 0.277 e. The first-order valence-electron chi connectivity index (χ1n) is 6.31. The molecule has 1 saturated heterocycles. The Labute approximate surface area is 119 Å². The van der Waals surface area contributed by atoms with E-state index in [1.165, 1.54) is 16.3 Å². The fourth-order valence-electron chi connectivity index (χ4n) is 2.51. The molecule has 2 unspecified atom stereocenters. The minimum Gasteiger partial charge on any atom is -0.321 e. The third-order valence-corrected chi connectivity index (χ3v) is 4.78. The highest BCUT2D eigenvalue weighted by Gasteiger charge is 2.40. The van der Waals surface area contributed by atoms with Crippen molar-refractivity contribution in [3.8, 4) is 0 Å². The molecular formula is C15H16ClO2P. The fraction of sp³-hybridized carbons (Fsp3) is 0.333. The van der Waals surface area contributed by atoms with Gasteiger partial charge in [-0.3, -0.25) is 0 Å². The fourth-order valence-corrected chi connectivity index (χ4v) is 3.95. The van der Waals surface area contributed by atoms with Gasteiger partial charge in [-0.15, -0.1) is 0 Å².